The number of ether oxygens (including phenoxy) is 2. The highest BCUT2D eigenvalue weighted by Crippen LogP contribution is 2.44. The molecule has 0 aliphatic heterocycles. The van der Waals surface area contributed by atoms with Crippen LogP contribution in [0.2, 0.25) is 0 Å². The molecule has 7 aromatic rings. The van der Waals surface area contributed by atoms with Gasteiger partial charge in [-0.15, -0.1) is 0 Å². The summed E-state index contributed by atoms with van der Waals surface area (Å²) in [6, 6.07) is 37.3. The minimum atomic E-state index is -1.24. The zero-order valence-electron chi connectivity index (χ0n) is 25.6. The van der Waals surface area contributed by atoms with Gasteiger partial charge in [-0.25, -0.2) is 0 Å². The number of hydrogen-bond acceptors (Lipinski definition) is 6. The van der Waals surface area contributed by atoms with Gasteiger partial charge in [0.15, 0.2) is 11.5 Å². The number of rotatable bonds is 7. The first-order valence-electron chi connectivity index (χ1n) is 15.0. The SMILES string of the molecule is COc1ccc(C(c2c(O)c3ccccc3n(-c3ccccc3)c2=O)c2c(O)c3ccccc3n(-c3ccccc3)c2=O)cc1OC. The van der Waals surface area contributed by atoms with Crippen molar-refractivity contribution in [2.24, 2.45) is 0 Å². The van der Waals surface area contributed by atoms with Crippen LogP contribution in [0.15, 0.2) is 137 Å². The smallest absolute Gasteiger partial charge is 0.263 e. The van der Waals surface area contributed by atoms with Crippen molar-refractivity contribution >= 4 is 21.8 Å². The van der Waals surface area contributed by atoms with Crippen molar-refractivity contribution in [3.8, 4) is 34.4 Å². The molecule has 0 radical (unpaired) electrons. The number of hydrogen-bond donors (Lipinski definition) is 2. The van der Waals surface area contributed by atoms with Crippen LogP contribution >= 0.6 is 0 Å². The normalized spacial score (nSPS) is 11.3. The van der Waals surface area contributed by atoms with Crippen LogP contribution in [-0.4, -0.2) is 33.6 Å². The topological polar surface area (TPSA) is 103 Å². The molecule has 8 heteroatoms. The molecule has 0 atom stereocenters. The van der Waals surface area contributed by atoms with E-state index in [1.54, 1.807) is 91.0 Å². The summed E-state index contributed by atoms with van der Waals surface area (Å²) >= 11 is 0. The van der Waals surface area contributed by atoms with Gasteiger partial charge in [0, 0.05) is 22.1 Å². The lowest BCUT2D eigenvalue weighted by Gasteiger charge is -2.25. The molecule has 5 aromatic carbocycles. The third kappa shape index (κ3) is 4.78. The minimum absolute atomic E-state index is 0.0814. The largest absolute Gasteiger partial charge is 0.507 e. The summed E-state index contributed by atoms with van der Waals surface area (Å²) in [5, 5.41) is 24.9. The highest BCUT2D eigenvalue weighted by molar-refractivity contribution is 5.90. The maximum atomic E-state index is 14.9. The molecular formula is C39H30N2O6. The van der Waals surface area contributed by atoms with E-state index in [9.17, 15) is 19.8 Å². The van der Waals surface area contributed by atoms with E-state index in [4.69, 9.17) is 9.47 Å². The average molecular weight is 623 g/mol. The van der Waals surface area contributed by atoms with Crippen molar-refractivity contribution < 1.29 is 19.7 Å². The quantitative estimate of drug-likeness (QED) is 0.200. The molecule has 0 bridgehead atoms. The number of aromatic hydroxyl groups is 2. The number of fused-ring (bicyclic) bond motifs is 2. The van der Waals surface area contributed by atoms with Gasteiger partial charge in [0.1, 0.15) is 11.5 Å². The molecule has 0 fully saturated rings. The van der Waals surface area contributed by atoms with Gasteiger partial charge in [-0.05, 0) is 66.2 Å². The second kappa shape index (κ2) is 11.9. The summed E-state index contributed by atoms with van der Waals surface area (Å²) in [6.07, 6.45) is 0. The van der Waals surface area contributed by atoms with Gasteiger partial charge >= 0.3 is 0 Å². The van der Waals surface area contributed by atoms with Crippen LogP contribution in [0, 0.1) is 0 Å². The van der Waals surface area contributed by atoms with Crippen LogP contribution in [-0.2, 0) is 0 Å². The van der Waals surface area contributed by atoms with Crippen LogP contribution in [0.1, 0.15) is 22.6 Å². The van der Waals surface area contributed by atoms with E-state index in [0.29, 0.717) is 50.2 Å². The molecule has 0 saturated carbocycles. The minimum Gasteiger partial charge on any atom is -0.507 e. The summed E-state index contributed by atoms with van der Waals surface area (Å²) in [5.41, 5.74) is 1.28. The van der Waals surface area contributed by atoms with E-state index in [1.165, 1.54) is 23.4 Å². The van der Waals surface area contributed by atoms with Gasteiger partial charge in [0.2, 0.25) is 0 Å². The third-order valence-corrected chi connectivity index (χ3v) is 8.52. The first kappa shape index (κ1) is 29.4. The first-order chi connectivity index (χ1) is 22.9. The van der Waals surface area contributed by atoms with Crippen molar-refractivity contribution in [2.75, 3.05) is 14.2 Å². The molecular weight excluding hydrogens is 592 g/mol. The number of methoxy groups -OCH3 is 2. The second-order valence-corrected chi connectivity index (χ2v) is 11.1. The predicted octanol–water partition coefficient (Wildman–Crippen LogP) is 6.90. The lowest BCUT2D eigenvalue weighted by Crippen LogP contribution is -2.31. The predicted molar refractivity (Wildman–Crippen MR) is 183 cm³/mol. The monoisotopic (exact) mass is 622 g/mol. The molecule has 2 aromatic heterocycles. The van der Waals surface area contributed by atoms with E-state index >= 15 is 0 Å². The van der Waals surface area contributed by atoms with Crippen molar-refractivity contribution in [3.63, 3.8) is 0 Å². The number of nitrogens with zero attached hydrogens (tertiary/aromatic N) is 2. The Bertz CT molecular complexity index is 2260. The summed E-state index contributed by atoms with van der Waals surface area (Å²) in [5.74, 6) is -1.05. The number of benzene rings is 5. The molecule has 232 valence electrons. The van der Waals surface area contributed by atoms with E-state index in [2.05, 4.69) is 0 Å². The summed E-state index contributed by atoms with van der Waals surface area (Å²) in [4.78, 5) is 29.7. The maximum Gasteiger partial charge on any atom is 0.263 e. The second-order valence-electron chi connectivity index (χ2n) is 11.1. The maximum absolute atomic E-state index is 14.9. The standard InChI is InChI=1S/C39H30N2O6/c1-46-31-22-21-24(23-32(31)47-2)33(34-36(42)27-17-9-11-19-29(27)40(38(34)44)25-13-5-3-6-14-25)35-37(43)28-18-10-12-20-30(28)41(39(35)45)26-15-7-4-8-16-26/h3-23,33,42-43H,1-2H3. The van der Waals surface area contributed by atoms with E-state index in [0.717, 1.165) is 0 Å². The Morgan fingerprint density at radius 1 is 0.532 bits per heavy atom. The van der Waals surface area contributed by atoms with Crippen LogP contribution in [0.5, 0.6) is 23.0 Å². The lowest BCUT2D eigenvalue weighted by atomic mass is 9.83. The zero-order chi connectivity index (χ0) is 32.7. The highest BCUT2D eigenvalue weighted by atomic mass is 16.5. The number of pyridine rings is 2. The van der Waals surface area contributed by atoms with Crippen molar-refractivity contribution in [2.45, 2.75) is 5.92 Å². The Hall–Kier alpha value is -6.28. The van der Waals surface area contributed by atoms with E-state index < -0.39 is 17.0 Å². The highest BCUT2D eigenvalue weighted by Gasteiger charge is 2.34. The Kier molecular flexibility index (Phi) is 7.46. The lowest BCUT2D eigenvalue weighted by molar-refractivity contribution is 0.354. The first-order valence-corrected chi connectivity index (χ1v) is 15.0. The van der Waals surface area contributed by atoms with Crippen LogP contribution in [0.4, 0.5) is 0 Å². The molecule has 0 aliphatic rings. The van der Waals surface area contributed by atoms with Gasteiger partial charge in [0.25, 0.3) is 11.1 Å². The molecule has 2 heterocycles. The van der Waals surface area contributed by atoms with E-state index in [-0.39, 0.29) is 22.6 Å². The Morgan fingerprint density at radius 3 is 1.40 bits per heavy atom. The molecule has 7 rings (SSSR count). The van der Waals surface area contributed by atoms with Gasteiger partial charge in [-0.2, -0.15) is 0 Å². The van der Waals surface area contributed by atoms with Gasteiger partial charge in [-0.3, -0.25) is 18.7 Å². The number of para-hydroxylation sites is 4. The van der Waals surface area contributed by atoms with Gasteiger partial charge < -0.3 is 19.7 Å². The van der Waals surface area contributed by atoms with Crippen LogP contribution in [0.25, 0.3) is 33.2 Å². The molecule has 8 nitrogen and oxygen atoms in total. The molecule has 0 spiro atoms. The summed E-state index contributed by atoms with van der Waals surface area (Å²) in [6.45, 7) is 0. The van der Waals surface area contributed by atoms with Crippen LogP contribution < -0.4 is 20.6 Å². The molecule has 0 unspecified atom stereocenters. The Balaban J connectivity index is 1.68. The number of aromatic nitrogens is 2. The van der Waals surface area contributed by atoms with Crippen molar-refractivity contribution in [1.29, 1.82) is 0 Å². The fraction of sp³-hybridized carbons (Fsp3) is 0.0769. The van der Waals surface area contributed by atoms with Gasteiger partial charge in [-0.1, -0.05) is 66.7 Å². The van der Waals surface area contributed by atoms with Crippen LogP contribution in [0.3, 0.4) is 0 Å². The molecule has 0 saturated heterocycles. The fourth-order valence-corrected chi connectivity index (χ4v) is 6.39. The molecule has 2 N–H and O–H groups in total. The molecule has 0 amide bonds. The Labute approximate surface area is 269 Å². The van der Waals surface area contributed by atoms with E-state index in [1.807, 2.05) is 36.4 Å². The average Bonchev–Trinajstić information content (AvgIpc) is 3.11. The fourth-order valence-electron chi connectivity index (χ4n) is 6.39. The summed E-state index contributed by atoms with van der Waals surface area (Å²) in [7, 11) is 3.00. The molecule has 0 aliphatic carbocycles. The molecule has 47 heavy (non-hydrogen) atoms. The van der Waals surface area contributed by atoms with Gasteiger partial charge in [0.05, 0.1) is 42.3 Å². The Morgan fingerprint density at radius 2 is 0.957 bits per heavy atom. The third-order valence-electron chi connectivity index (χ3n) is 8.52. The zero-order valence-corrected chi connectivity index (χ0v) is 25.6. The van der Waals surface area contributed by atoms with Crippen molar-refractivity contribution in [3.05, 3.63) is 165 Å². The summed E-state index contributed by atoms with van der Waals surface area (Å²) < 4.78 is 14.2. The van der Waals surface area contributed by atoms with Crippen molar-refractivity contribution in [1.82, 2.24) is 9.13 Å².